The van der Waals surface area contributed by atoms with Crippen molar-refractivity contribution in [3.63, 3.8) is 0 Å². The zero-order chi connectivity index (χ0) is 29.5. The lowest BCUT2D eigenvalue weighted by Crippen LogP contribution is -2.50. The van der Waals surface area contributed by atoms with E-state index < -0.39 is 5.41 Å². The molecule has 0 amide bonds. The Labute approximate surface area is 248 Å². The molecule has 3 heteroatoms. The minimum Gasteiger partial charge on any atom is -0.462 e. The van der Waals surface area contributed by atoms with Crippen molar-refractivity contribution in [3.8, 4) is 0 Å². The number of hydrogen-bond acceptors (Lipinski definition) is 3. The number of nitrogens with zero attached hydrogens (tertiary/aromatic N) is 1. The van der Waals surface area contributed by atoms with E-state index in [4.69, 9.17) is 4.74 Å². The number of fused-ring (bicyclic) bond motifs is 5. The highest BCUT2D eigenvalue weighted by Crippen LogP contribution is 2.67. The smallest absolute Gasteiger partial charge is 0.311 e. The minimum absolute atomic E-state index is 0.000967. The summed E-state index contributed by atoms with van der Waals surface area (Å²) in [6.07, 6.45) is 19.5. The van der Waals surface area contributed by atoms with Gasteiger partial charge in [0, 0.05) is 13.0 Å². The normalized spacial score (nSPS) is 36.2. The van der Waals surface area contributed by atoms with Crippen LogP contribution in [-0.4, -0.2) is 37.6 Å². The van der Waals surface area contributed by atoms with Gasteiger partial charge in [-0.25, -0.2) is 0 Å². The highest BCUT2D eigenvalue weighted by Gasteiger charge is 2.58. The standard InChI is InChI=1S/C37H65NO2/c1-26(2)13-11-12-14-27-16-18-31-30-17-15-28-23-29(19-21-37(28,8)32(30)20-22-36(27,31)7)40-33(39)35(5,6)24-34(3,4)25-38(9)10/h15,26-27,29-32H,11-14,16-25H2,1-10H3. The first-order valence-corrected chi connectivity index (χ1v) is 17.1. The fourth-order valence-corrected chi connectivity index (χ4v) is 10.7. The van der Waals surface area contributed by atoms with Gasteiger partial charge in [0.15, 0.2) is 0 Å². The lowest BCUT2D eigenvalue weighted by Gasteiger charge is -2.58. The molecule has 0 aliphatic heterocycles. The number of carbonyl (C=O) groups excluding carboxylic acids is 1. The lowest BCUT2D eigenvalue weighted by atomic mass is 9.47. The third-order valence-corrected chi connectivity index (χ3v) is 12.3. The second kappa shape index (κ2) is 12.0. The van der Waals surface area contributed by atoms with Crippen LogP contribution in [0.15, 0.2) is 11.6 Å². The second-order valence-electron chi connectivity index (χ2n) is 17.5. The van der Waals surface area contributed by atoms with Crippen LogP contribution in [0.5, 0.6) is 0 Å². The Bertz CT molecular complexity index is 915. The molecule has 0 bridgehead atoms. The summed E-state index contributed by atoms with van der Waals surface area (Å²) in [7, 11) is 4.22. The van der Waals surface area contributed by atoms with E-state index >= 15 is 0 Å². The molecule has 0 heterocycles. The molecule has 0 aromatic carbocycles. The Balaban J connectivity index is 1.37. The van der Waals surface area contributed by atoms with E-state index in [1.807, 2.05) is 0 Å². The first kappa shape index (κ1) is 32.1. The predicted octanol–water partition coefficient (Wildman–Crippen LogP) is 9.70. The Morgan fingerprint density at radius 1 is 1.02 bits per heavy atom. The van der Waals surface area contributed by atoms with Crippen LogP contribution in [-0.2, 0) is 9.53 Å². The first-order chi connectivity index (χ1) is 18.6. The van der Waals surface area contributed by atoms with Crippen molar-refractivity contribution in [1.29, 1.82) is 0 Å². The van der Waals surface area contributed by atoms with Crippen molar-refractivity contribution >= 4 is 5.97 Å². The quantitative estimate of drug-likeness (QED) is 0.144. The number of unbranched alkanes of at least 4 members (excludes halogenated alkanes) is 1. The van der Waals surface area contributed by atoms with Gasteiger partial charge in [-0.3, -0.25) is 4.79 Å². The fraction of sp³-hybridized carbons (Fsp3) is 0.919. The third kappa shape index (κ3) is 6.70. The molecule has 0 aromatic heterocycles. The average molecular weight is 556 g/mol. The first-order valence-electron chi connectivity index (χ1n) is 17.1. The molecular weight excluding hydrogens is 490 g/mol. The van der Waals surface area contributed by atoms with Crippen LogP contribution < -0.4 is 0 Å². The van der Waals surface area contributed by atoms with Crippen LogP contribution in [0.25, 0.3) is 0 Å². The molecule has 7 atom stereocenters. The molecule has 40 heavy (non-hydrogen) atoms. The average Bonchev–Trinajstić information content (AvgIpc) is 3.16. The number of allylic oxidation sites excluding steroid dienone is 1. The molecule has 3 fully saturated rings. The topological polar surface area (TPSA) is 29.5 Å². The zero-order valence-corrected chi connectivity index (χ0v) is 28.2. The Morgan fingerprint density at radius 2 is 1.75 bits per heavy atom. The maximum atomic E-state index is 13.4. The SMILES string of the molecule is CC(C)CCCCC1CCC2C3CC=C4CC(OC(=O)C(C)(C)CC(C)(C)CN(C)C)CCC4(C)C3CCC12C. The summed E-state index contributed by atoms with van der Waals surface area (Å²) in [5.41, 5.74) is 2.11. The van der Waals surface area contributed by atoms with Crippen LogP contribution in [0.3, 0.4) is 0 Å². The summed E-state index contributed by atoms with van der Waals surface area (Å²) >= 11 is 0. The van der Waals surface area contributed by atoms with Gasteiger partial charge in [0.25, 0.3) is 0 Å². The summed E-state index contributed by atoms with van der Waals surface area (Å²) < 4.78 is 6.30. The van der Waals surface area contributed by atoms with Gasteiger partial charge < -0.3 is 9.64 Å². The van der Waals surface area contributed by atoms with Gasteiger partial charge in [-0.2, -0.15) is 0 Å². The lowest BCUT2D eigenvalue weighted by molar-refractivity contribution is -0.164. The molecule has 4 aliphatic rings. The van der Waals surface area contributed by atoms with Gasteiger partial charge in [-0.05, 0) is 132 Å². The highest BCUT2D eigenvalue weighted by atomic mass is 16.5. The molecule has 3 saturated carbocycles. The Morgan fingerprint density at radius 3 is 2.42 bits per heavy atom. The molecule has 0 N–H and O–H groups in total. The van der Waals surface area contributed by atoms with E-state index in [0.717, 1.165) is 55.4 Å². The van der Waals surface area contributed by atoms with Crippen LogP contribution in [0.2, 0.25) is 0 Å². The molecule has 0 radical (unpaired) electrons. The summed E-state index contributed by atoms with van der Waals surface area (Å²) in [5, 5.41) is 0. The number of carbonyl (C=O) groups is 1. The molecular formula is C37H65NO2. The molecule has 7 unspecified atom stereocenters. The van der Waals surface area contributed by atoms with Gasteiger partial charge in [-0.1, -0.05) is 72.5 Å². The Kier molecular flexibility index (Phi) is 9.66. The van der Waals surface area contributed by atoms with Crippen LogP contribution >= 0.6 is 0 Å². The summed E-state index contributed by atoms with van der Waals surface area (Å²) in [5.74, 6) is 4.40. The zero-order valence-electron chi connectivity index (χ0n) is 28.2. The minimum atomic E-state index is -0.464. The summed E-state index contributed by atoms with van der Waals surface area (Å²) in [4.78, 5) is 15.6. The molecule has 4 rings (SSSR count). The molecule has 0 saturated heterocycles. The molecule has 4 aliphatic carbocycles. The van der Waals surface area contributed by atoms with Crippen molar-refractivity contribution < 1.29 is 9.53 Å². The summed E-state index contributed by atoms with van der Waals surface area (Å²) in [6.45, 7) is 19.7. The van der Waals surface area contributed by atoms with Crippen molar-refractivity contribution in [2.75, 3.05) is 20.6 Å². The molecule has 0 aromatic rings. The second-order valence-corrected chi connectivity index (χ2v) is 17.5. The van der Waals surface area contributed by atoms with E-state index in [0.29, 0.717) is 10.8 Å². The van der Waals surface area contributed by atoms with Crippen LogP contribution in [0.1, 0.15) is 139 Å². The van der Waals surface area contributed by atoms with Gasteiger partial charge in [0.05, 0.1) is 5.41 Å². The fourth-order valence-electron chi connectivity index (χ4n) is 10.7. The van der Waals surface area contributed by atoms with E-state index in [1.165, 1.54) is 64.2 Å². The predicted molar refractivity (Wildman–Crippen MR) is 169 cm³/mol. The molecule has 0 spiro atoms. The number of esters is 1. The number of rotatable bonds is 11. The summed E-state index contributed by atoms with van der Waals surface area (Å²) in [6, 6.07) is 0. The highest BCUT2D eigenvalue weighted by molar-refractivity contribution is 5.76. The van der Waals surface area contributed by atoms with Gasteiger partial charge >= 0.3 is 5.97 Å². The number of ether oxygens (including phenoxy) is 1. The van der Waals surface area contributed by atoms with Crippen molar-refractivity contribution in [2.24, 2.45) is 51.2 Å². The molecule has 3 nitrogen and oxygen atoms in total. The van der Waals surface area contributed by atoms with E-state index in [2.05, 4.69) is 80.5 Å². The van der Waals surface area contributed by atoms with Crippen LogP contribution in [0.4, 0.5) is 0 Å². The van der Waals surface area contributed by atoms with E-state index in [-0.39, 0.29) is 17.5 Å². The van der Waals surface area contributed by atoms with E-state index in [1.54, 1.807) is 5.57 Å². The maximum absolute atomic E-state index is 13.4. The van der Waals surface area contributed by atoms with Gasteiger partial charge in [-0.15, -0.1) is 0 Å². The van der Waals surface area contributed by atoms with Crippen LogP contribution in [0, 0.1) is 51.2 Å². The van der Waals surface area contributed by atoms with Gasteiger partial charge in [0.2, 0.25) is 0 Å². The third-order valence-electron chi connectivity index (χ3n) is 12.3. The van der Waals surface area contributed by atoms with E-state index in [9.17, 15) is 4.79 Å². The Hall–Kier alpha value is -0.830. The number of hydrogen-bond donors (Lipinski definition) is 0. The largest absolute Gasteiger partial charge is 0.462 e. The maximum Gasteiger partial charge on any atom is 0.311 e. The van der Waals surface area contributed by atoms with Gasteiger partial charge in [0.1, 0.15) is 6.10 Å². The van der Waals surface area contributed by atoms with Crippen molar-refractivity contribution in [1.82, 2.24) is 4.90 Å². The monoisotopic (exact) mass is 556 g/mol. The van der Waals surface area contributed by atoms with Crippen molar-refractivity contribution in [3.05, 3.63) is 11.6 Å². The van der Waals surface area contributed by atoms with Crippen molar-refractivity contribution in [2.45, 2.75) is 145 Å². The molecule has 230 valence electrons.